The summed E-state index contributed by atoms with van der Waals surface area (Å²) >= 11 is 1.30. The maximum atomic E-state index is 12.1. The highest BCUT2D eigenvalue weighted by Gasteiger charge is 2.17. The highest BCUT2D eigenvalue weighted by Crippen LogP contribution is 2.29. The lowest BCUT2D eigenvalue weighted by Gasteiger charge is -2.05. The molecule has 0 fully saturated rings. The minimum atomic E-state index is -0.684. The van der Waals surface area contributed by atoms with Crippen molar-refractivity contribution in [3.63, 3.8) is 0 Å². The van der Waals surface area contributed by atoms with Gasteiger partial charge in [-0.15, -0.1) is 0 Å². The molecule has 2 aromatic heterocycles. The molecule has 0 unspecified atom stereocenters. The Kier molecular flexibility index (Phi) is 5.74. The van der Waals surface area contributed by atoms with Crippen LogP contribution in [0.15, 0.2) is 30.5 Å². The molecule has 0 spiro atoms. The summed E-state index contributed by atoms with van der Waals surface area (Å²) in [5, 5.41) is 3.02. The van der Waals surface area contributed by atoms with E-state index < -0.39 is 18.5 Å². The fraction of sp³-hybridized carbons (Fsp3) is 0.263. The molecule has 0 saturated heterocycles. The highest BCUT2D eigenvalue weighted by molar-refractivity contribution is 7.22. The molecule has 0 aliphatic heterocycles. The number of rotatable bonds is 7. The maximum Gasteiger partial charge on any atom is 0.355 e. The summed E-state index contributed by atoms with van der Waals surface area (Å²) in [6, 6.07) is 6.92. The van der Waals surface area contributed by atoms with E-state index >= 15 is 0 Å². The van der Waals surface area contributed by atoms with Crippen molar-refractivity contribution in [1.29, 1.82) is 0 Å². The summed E-state index contributed by atoms with van der Waals surface area (Å²) in [5.74, 6) is -0.608. The van der Waals surface area contributed by atoms with E-state index in [1.807, 2.05) is 25.1 Å². The Balaban J connectivity index is 1.60. The zero-order valence-electron chi connectivity index (χ0n) is 15.6. The van der Waals surface area contributed by atoms with Crippen molar-refractivity contribution in [2.45, 2.75) is 13.8 Å². The molecule has 146 valence electrons. The molecular weight excluding hydrogens is 382 g/mol. The third-order valence-electron chi connectivity index (χ3n) is 3.87. The van der Waals surface area contributed by atoms with E-state index in [0.29, 0.717) is 17.3 Å². The predicted octanol–water partition coefficient (Wildman–Crippen LogP) is 3.03. The number of anilines is 1. The van der Waals surface area contributed by atoms with Crippen molar-refractivity contribution in [2.24, 2.45) is 7.05 Å². The zero-order chi connectivity index (χ0) is 20.3. The summed E-state index contributed by atoms with van der Waals surface area (Å²) in [4.78, 5) is 39.9. The Hall–Kier alpha value is -3.20. The van der Waals surface area contributed by atoms with Gasteiger partial charge in [0.1, 0.15) is 11.4 Å². The first-order valence-electron chi connectivity index (χ1n) is 8.55. The molecule has 0 bridgehead atoms. The number of thiazole rings is 1. The molecule has 3 aromatic rings. The van der Waals surface area contributed by atoms with Crippen LogP contribution in [0.4, 0.5) is 5.13 Å². The van der Waals surface area contributed by atoms with Gasteiger partial charge in [-0.25, -0.2) is 9.78 Å². The van der Waals surface area contributed by atoms with Crippen molar-refractivity contribution in [1.82, 2.24) is 9.55 Å². The van der Waals surface area contributed by atoms with Crippen molar-refractivity contribution in [3.8, 4) is 5.75 Å². The fourth-order valence-corrected chi connectivity index (χ4v) is 3.45. The summed E-state index contributed by atoms with van der Waals surface area (Å²) in [6.07, 6.45) is 1.54. The molecule has 1 aromatic carbocycles. The molecular formula is C19H19N3O5S. The number of ether oxygens (including phenoxy) is 2. The molecule has 3 rings (SSSR count). The number of aromatic nitrogens is 2. The van der Waals surface area contributed by atoms with E-state index in [0.717, 1.165) is 16.0 Å². The number of benzene rings is 1. The first-order valence-corrected chi connectivity index (χ1v) is 9.36. The lowest BCUT2D eigenvalue weighted by atomic mass is 10.2. The number of carbonyl (C=O) groups excluding carboxylic acids is 3. The number of esters is 1. The number of aryl methyl sites for hydroxylation is 1. The number of amides is 1. The molecule has 0 aliphatic rings. The minimum absolute atomic E-state index is 0.157. The van der Waals surface area contributed by atoms with Crippen molar-refractivity contribution < 1.29 is 23.9 Å². The van der Waals surface area contributed by atoms with E-state index in [-0.39, 0.29) is 11.5 Å². The summed E-state index contributed by atoms with van der Waals surface area (Å²) < 4.78 is 12.8. The number of hydrogen-bond acceptors (Lipinski definition) is 7. The van der Waals surface area contributed by atoms with Crippen LogP contribution in [-0.2, 0) is 16.6 Å². The number of hydrogen-bond donors (Lipinski definition) is 1. The summed E-state index contributed by atoms with van der Waals surface area (Å²) in [5.41, 5.74) is 1.34. The van der Waals surface area contributed by atoms with Crippen LogP contribution in [0.1, 0.15) is 34.7 Å². The average molecular weight is 401 g/mol. The molecule has 0 saturated carbocycles. The van der Waals surface area contributed by atoms with Gasteiger partial charge in [0.2, 0.25) is 0 Å². The van der Waals surface area contributed by atoms with Crippen LogP contribution >= 0.6 is 11.3 Å². The average Bonchev–Trinajstić information content (AvgIpc) is 3.22. The number of fused-ring (bicyclic) bond motifs is 1. The smallest absolute Gasteiger partial charge is 0.355 e. The number of carbonyl (C=O) groups is 3. The third-order valence-corrected chi connectivity index (χ3v) is 4.81. The van der Waals surface area contributed by atoms with Crippen molar-refractivity contribution in [2.75, 3.05) is 18.5 Å². The molecule has 0 aliphatic carbocycles. The van der Waals surface area contributed by atoms with Gasteiger partial charge in [0.15, 0.2) is 17.5 Å². The first kappa shape index (κ1) is 19.6. The quantitative estimate of drug-likeness (QED) is 0.483. The largest absolute Gasteiger partial charge is 0.494 e. The van der Waals surface area contributed by atoms with Crippen LogP contribution in [0.25, 0.3) is 10.2 Å². The second kappa shape index (κ2) is 8.22. The van der Waals surface area contributed by atoms with E-state index in [9.17, 15) is 14.4 Å². The van der Waals surface area contributed by atoms with Gasteiger partial charge < -0.3 is 14.0 Å². The van der Waals surface area contributed by atoms with Crippen molar-refractivity contribution in [3.05, 3.63) is 41.7 Å². The van der Waals surface area contributed by atoms with E-state index in [1.54, 1.807) is 7.05 Å². The molecule has 0 atom stereocenters. The summed E-state index contributed by atoms with van der Waals surface area (Å²) in [7, 11) is 1.63. The Morgan fingerprint density at radius 1 is 1.25 bits per heavy atom. The number of nitrogens with one attached hydrogen (secondary N) is 1. The molecule has 28 heavy (non-hydrogen) atoms. The fourth-order valence-electron chi connectivity index (χ4n) is 2.54. The van der Waals surface area contributed by atoms with Gasteiger partial charge in [-0.2, -0.15) is 0 Å². The molecule has 0 radical (unpaired) electrons. The van der Waals surface area contributed by atoms with E-state index in [2.05, 4.69) is 10.3 Å². The van der Waals surface area contributed by atoms with Crippen LogP contribution in [-0.4, -0.2) is 40.4 Å². The van der Waals surface area contributed by atoms with Gasteiger partial charge in [-0.05, 0) is 38.1 Å². The second-order valence-corrected chi connectivity index (χ2v) is 7.02. The maximum absolute atomic E-state index is 12.1. The van der Waals surface area contributed by atoms with Gasteiger partial charge in [0.25, 0.3) is 5.91 Å². The summed E-state index contributed by atoms with van der Waals surface area (Å²) in [6.45, 7) is 3.42. The van der Waals surface area contributed by atoms with Gasteiger partial charge in [-0.1, -0.05) is 11.3 Å². The zero-order valence-corrected chi connectivity index (χ0v) is 16.5. The number of ketones is 1. The number of nitrogens with zero attached hydrogens (tertiary/aromatic N) is 2. The van der Waals surface area contributed by atoms with Crippen LogP contribution in [0.5, 0.6) is 5.75 Å². The molecule has 2 heterocycles. The van der Waals surface area contributed by atoms with Crippen LogP contribution in [0.2, 0.25) is 0 Å². The van der Waals surface area contributed by atoms with Crippen LogP contribution in [0, 0.1) is 0 Å². The Morgan fingerprint density at radius 3 is 2.71 bits per heavy atom. The van der Waals surface area contributed by atoms with Gasteiger partial charge in [0.05, 0.1) is 16.8 Å². The highest BCUT2D eigenvalue weighted by atomic mass is 32.1. The lowest BCUT2D eigenvalue weighted by molar-refractivity contribution is -0.119. The van der Waals surface area contributed by atoms with Crippen molar-refractivity contribution >= 4 is 44.3 Å². The number of Topliss-reactive ketones (excluding diaryl/α,β-unsaturated/α-hetero) is 1. The van der Waals surface area contributed by atoms with Crippen LogP contribution in [0.3, 0.4) is 0 Å². The lowest BCUT2D eigenvalue weighted by Crippen LogP contribution is -2.21. The second-order valence-electron chi connectivity index (χ2n) is 5.99. The molecule has 9 heteroatoms. The van der Waals surface area contributed by atoms with E-state index in [4.69, 9.17) is 9.47 Å². The third kappa shape index (κ3) is 4.37. The Morgan fingerprint density at radius 2 is 2.04 bits per heavy atom. The standard InChI is InChI=1S/C19H19N3O5S/c1-4-26-13-5-6-14-16(8-13)28-19(20-14)21-17(24)10-27-18(25)15-7-12(11(2)23)9-22(15)3/h5-9H,4,10H2,1-3H3,(H,20,21,24). The normalized spacial score (nSPS) is 10.7. The van der Waals surface area contributed by atoms with Gasteiger partial charge in [0, 0.05) is 18.8 Å². The predicted molar refractivity (Wildman–Crippen MR) is 105 cm³/mol. The minimum Gasteiger partial charge on any atom is -0.494 e. The molecule has 8 nitrogen and oxygen atoms in total. The van der Waals surface area contributed by atoms with Gasteiger partial charge in [-0.3, -0.25) is 14.9 Å². The molecule has 1 amide bonds. The first-order chi connectivity index (χ1) is 13.4. The van der Waals surface area contributed by atoms with Gasteiger partial charge >= 0.3 is 5.97 Å². The molecule has 1 N–H and O–H groups in total. The van der Waals surface area contributed by atoms with E-state index in [1.165, 1.54) is 35.1 Å². The SMILES string of the molecule is CCOc1ccc2nc(NC(=O)COC(=O)c3cc(C(C)=O)cn3C)sc2c1. The Bertz CT molecular complexity index is 1050. The monoisotopic (exact) mass is 401 g/mol. The van der Waals surface area contributed by atoms with Crippen LogP contribution < -0.4 is 10.1 Å². The topological polar surface area (TPSA) is 99.5 Å². The Labute approximate surface area is 165 Å².